The lowest BCUT2D eigenvalue weighted by Crippen LogP contribution is -1.99. The molecule has 2 heteroatoms. The third-order valence-corrected chi connectivity index (χ3v) is 1.41. The van der Waals surface area contributed by atoms with Crippen molar-refractivity contribution in [1.29, 1.82) is 0 Å². The average molecular weight is 147 g/mol. The van der Waals surface area contributed by atoms with Gasteiger partial charge in [0.15, 0.2) is 5.78 Å². The number of para-hydroxylation sites is 1. The van der Waals surface area contributed by atoms with Crippen molar-refractivity contribution in [3.8, 4) is 0 Å². The molecule has 0 aliphatic rings. The van der Waals surface area contributed by atoms with Crippen LogP contribution in [0.2, 0.25) is 0 Å². The zero-order valence-corrected chi connectivity index (χ0v) is 6.08. The molecular weight excluding hydrogens is 138 g/mol. The Morgan fingerprint density at radius 1 is 1.45 bits per heavy atom. The van der Waals surface area contributed by atoms with Crippen LogP contribution in [-0.4, -0.2) is 5.78 Å². The molecule has 0 atom stereocenters. The quantitative estimate of drug-likeness (QED) is 0.392. The standard InChI is InChI=1S/C9H9NO/c1-2-9(11)7-5-3-4-6-8(7)10/h2-6H,1,10H2. The van der Waals surface area contributed by atoms with Gasteiger partial charge in [0.2, 0.25) is 0 Å². The monoisotopic (exact) mass is 147 g/mol. The molecule has 1 aromatic rings. The number of nitrogen functional groups attached to an aromatic ring is 1. The maximum Gasteiger partial charge on any atom is 0.187 e. The molecule has 0 saturated heterocycles. The Bertz CT molecular complexity index is 291. The lowest BCUT2D eigenvalue weighted by molar-refractivity contribution is 0.104. The van der Waals surface area contributed by atoms with Crippen molar-refractivity contribution in [2.45, 2.75) is 0 Å². The summed E-state index contributed by atoms with van der Waals surface area (Å²) in [5.74, 6) is -0.136. The molecular formula is C9H9NO. The van der Waals surface area contributed by atoms with Gasteiger partial charge in [0, 0.05) is 11.3 Å². The molecule has 0 unspecified atom stereocenters. The predicted molar refractivity (Wildman–Crippen MR) is 45.4 cm³/mol. The molecule has 1 aromatic carbocycles. The van der Waals surface area contributed by atoms with Crippen LogP contribution < -0.4 is 5.73 Å². The van der Waals surface area contributed by atoms with Crippen LogP contribution in [0.3, 0.4) is 0 Å². The van der Waals surface area contributed by atoms with Crippen molar-refractivity contribution in [2.75, 3.05) is 5.73 Å². The maximum absolute atomic E-state index is 11.0. The largest absolute Gasteiger partial charge is 0.398 e. The third kappa shape index (κ3) is 1.46. The zero-order valence-electron chi connectivity index (χ0n) is 6.08. The second-order valence-corrected chi connectivity index (χ2v) is 2.16. The van der Waals surface area contributed by atoms with Crippen LogP contribution in [0.15, 0.2) is 36.9 Å². The van der Waals surface area contributed by atoms with Crippen molar-refractivity contribution < 1.29 is 4.79 Å². The molecule has 0 aromatic heterocycles. The minimum atomic E-state index is -0.136. The molecule has 0 spiro atoms. The van der Waals surface area contributed by atoms with E-state index in [1.54, 1.807) is 24.3 Å². The molecule has 0 saturated carbocycles. The average Bonchev–Trinajstić information content (AvgIpc) is 2.04. The van der Waals surface area contributed by atoms with Crippen molar-refractivity contribution >= 4 is 11.5 Å². The van der Waals surface area contributed by atoms with Gasteiger partial charge in [-0.2, -0.15) is 0 Å². The van der Waals surface area contributed by atoms with Gasteiger partial charge in [0.1, 0.15) is 0 Å². The maximum atomic E-state index is 11.0. The predicted octanol–water partition coefficient (Wildman–Crippen LogP) is 1.64. The Balaban J connectivity index is 3.13. The number of allylic oxidation sites excluding steroid dienone is 1. The third-order valence-electron chi connectivity index (χ3n) is 1.41. The lowest BCUT2D eigenvalue weighted by Gasteiger charge is -1.98. The van der Waals surface area contributed by atoms with Crippen LogP contribution in [0.4, 0.5) is 5.69 Å². The summed E-state index contributed by atoms with van der Waals surface area (Å²) in [7, 11) is 0. The van der Waals surface area contributed by atoms with Crippen LogP contribution in [0.25, 0.3) is 0 Å². The summed E-state index contributed by atoms with van der Waals surface area (Å²) in [6.07, 6.45) is 1.26. The molecule has 0 aliphatic carbocycles. The van der Waals surface area contributed by atoms with Gasteiger partial charge in [-0.25, -0.2) is 0 Å². The Hall–Kier alpha value is -1.57. The summed E-state index contributed by atoms with van der Waals surface area (Å²) in [6, 6.07) is 6.93. The number of benzene rings is 1. The van der Waals surface area contributed by atoms with E-state index in [0.717, 1.165) is 0 Å². The van der Waals surface area contributed by atoms with E-state index < -0.39 is 0 Å². The molecule has 0 aliphatic heterocycles. The minimum absolute atomic E-state index is 0.136. The fourth-order valence-corrected chi connectivity index (χ4v) is 0.831. The number of anilines is 1. The van der Waals surface area contributed by atoms with Crippen LogP contribution in [-0.2, 0) is 0 Å². The van der Waals surface area contributed by atoms with E-state index in [9.17, 15) is 4.79 Å². The summed E-state index contributed by atoms with van der Waals surface area (Å²) in [6.45, 7) is 3.37. The fourth-order valence-electron chi connectivity index (χ4n) is 0.831. The molecule has 0 fully saturated rings. The molecule has 0 bridgehead atoms. The first-order chi connectivity index (χ1) is 5.25. The zero-order chi connectivity index (χ0) is 8.27. The molecule has 0 heterocycles. The first-order valence-corrected chi connectivity index (χ1v) is 3.27. The van der Waals surface area contributed by atoms with Gasteiger partial charge >= 0.3 is 0 Å². The van der Waals surface area contributed by atoms with Crippen LogP contribution in [0.1, 0.15) is 10.4 Å². The number of carbonyl (C=O) groups excluding carboxylic acids is 1. The smallest absolute Gasteiger partial charge is 0.187 e. The van der Waals surface area contributed by atoms with E-state index in [4.69, 9.17) is 5.73 Å². The van der Waals surface area contributed by atoms with Crippen LogP contribution in [0.5, 0.6) is 0 Å². The lowest BCUT2D eigenvalue weighted by atomic mass is 10.1. The van der Waals surface area contributed by atoms with Crippen molar-refractivity contribution in [2.24, 2.45) is 0 Å². The van der Waals surface area contributed by atoms with E-state index >= 15 is 0 Å². The molecule has 2 nitrogen and oxygen atoms in total. The number of nitrogens with two attached hydrogens (primary N) is 1. The Morgan fingerprint density at radius 3 is 2.64 bits per heavy atom. The molecule has 56 valence electrons. The second-order valence-electron chi connectivity index (χ2n) is 2.16. The summed E-state index contributed by atoms with van der Waals surface area (Å²) in [5, 5.41) is 0. The van der Waals surface area contributed by atoms with Gasteiger partial charge < -0.3 is 5.73 Å². The summed E-state index contributed by atoms with van der Waals surface area (Å²) in [5.41, 5.74) is 6.54. The number of hydrogen-bond acceptors (Lipinski definition) is 2. The van der Waals surface area contributed by atoms with E-state index in [-0.39, 0.29) is 5.78 Å². The first kappa shape index (κ1) is 7.54. The highest BCUT2D eigenvalue weighted by Crippen LogP contribution is 2.10. The molecule has 1 rings (SSSR count). The van der Waals surface area contributed by atoms with Crippen LogP contribution in [0, 0.1) is 0 Å². The number of carbonyl (C=O) groups is 1. The van der Waals surface area contributed by atoms with Gasteiger partial charge in [-0.3, -0.25) is 4.79 Å². The van der Waals surface area contributed by atoms with Gasteiger partial charge in [-0.1, -0.05) is 18.7 Å². The van der Waals surface area contributed by atoms with Crippen molar-refractivity contribution in [3.05, 3.63) is 42.5 Å². The Morgan fingerprint density at radius 2 is 2.09 bits per heavy atom. The molecule has 11 heavy (non-hydrogen) atoms. The molecule has 2 N–H and O–H groups in total. The summed E-state index contributed by atoms with van der Waals surface area (Å²) < 4.78 is 0. The van der Waals surface area contributed by atoms with Crippen LogP contribution >= 0.6 is 0 Å². The van der Waals surface area contributed by atoms with E-state index in [0.29, 0.717) is 11.3 Å². The highest BCUT2D eigenvalue weighted by Gasteiger charge is 2.02. The topological polar surface area (TPSA) is 43.1 Å². The minimum Gasteiger partial charge on any atom is -0.398 e. The van der Waals surface area contributed by atoms with Gasteiger partial charge in [-0.05, 0) is 18.2 Å². The number of rotatable bonds is 2. The molecule has 0 radical (unpaired) electrons. The van der Waals surface area contributed by atoms with E-state index in [1.165, 1.54) is 6.08 Å². The van der Waals surface area contributed by atoms with E-state index in [1.807, 2.05) is 0 Å². The highest BCUT2D eigenvalue weighted by atomic mass is 16.1. The highest BCUT2D eigenvalue weighted by molar-refractivity contribution is 6.07. The second kappa shape index (κ2) is 3.01. The normalized spacial score (nSPS) is 9.09. The molecule has 0 amide bonds. The summed E-state index contributed by atoms with van der Waals surface area (Å²) in [4.78, 5) is 11.0. The van der Waals surface area contributed by atoms with E-state index in [2.05, 4.69) is 6.58 Å². The Labute approximate surface area is 65.3 Å². The van der Waals surface area contributed by atoms with Crippen molar-refractivity contribution in [3.63, 3.8) is 0 Å². The van der Waals surface area contributed by atoms with Crippen molar-refractivity contribution in [1.82, 2.24) is 0 Å². The van der Waals surface area contributed by atoms with Gasteiger partial charge in [0.25, 0.3) is 0 Å². The SMILES string of the molecule is C=CC(=O)c1ccccc1N. The summed E-state index contributed by atoms with van der Waals surface area (Å²) >= 11 is 0. The van der Waals surface area contributed by atoms with Gasteiger partial charge in [0.05, 0.1) is 0 Å². The Kier molecular flexibility index (Phi) is 2.06. The fraction of sp³-hybridized carbons (Fsp3) is 0. The number of ketones is 1. The number of hydrogen-bond donors (Lipinski definition) is 1. The van der Waals surface area contributed by atoms with Gasteiger partial charge in [-0.15, -0.1) is 0 Å². The first-order valence-electron chi connectivity index (χ1n) is 3.27.